The predicted molar refractivity (Wildman–Crippen MR) is 93.4 cm³/mol. The summed E-state index contributed by atoms with van der Waals surface area (Å²) in [5, 5.41) is 13.3. The minimum atomic E-state index is -5.68. The highest BCUT2D eigenvalue weighted by Gasteiger charge is 2.65. The first-order valence-corrected chi connectivity index (χ1v) is 12.4. The van der Waals surface area contributed by atoms with E-state index in [1.54, 1.807) is 0 Å². The van der Waals surface area contributed by atoms with Crippen molar-refractivity contribution in [1.29, 1.82) is 0 Å². The number of aromatic nitrogens is 2. The van der Waals surface area contributed by atoms with Gasteiger partial charge in [0.15, 0.2) is 6.23 Å². The lowest BCUT2D eigenvalue weighted by Gasteiger charge is -2.19. The van der Waals surface area contributed by atoms with Crippen molar-refractivity contribution < 1.29 is 56.3 Å². The van der Waals surface area contributed by atoms with E-state index < -0.39 is 59.7 Å². The number of aliphatic hydroxyl groups excluding tert-OH is 1. The molecule has 2 saturated heterocycles. The molecule has 3 heterocycles. The van der Waals surface area contributed by atoms with Crippen LogP contribution in [0.3, 0.4) is 0 Å². The molecule has 4 unspecified atom stereocenters. The zero-order valence-corrected chi connectivity index (χ0v) is 17.3. The Hall–Kier alpha value is -1.03. The number of nitrogens with two attached hydrogens (primary N) is 1. The molecule has 2 aliphatic rings. The zero-order chi connectivity index (χ0) is 22.5. The molecule has 1 aromatic heterocycles. The standard InChI is InChI=1S/C10H17N4O13P3/c11-6-1-2-14(9(16)13-6)8-10(4-12-10)7(15)5(25-8)3-24-29(20,21)27-30(22,23)26-28(17,18)19/h1-2,5,7-8,12,15H,3-4H2,(H,20,21)(H,22,23)(H2,11,13,16)(H2,17,18,19)/t5-,7?,8?,10+/m1/s1. The summed E-state index contributed by atoms with van der Waals surface area (Å²) < 4.78 is 52.0. The molecule has 17 nitrogen and oxygen atoms in total. The third-order valence-electron chi connectivity index (χ3n) is 4.13. The minimum absolute atomic E-state index is 0.0446. The fourth-order valence-electron chi connectivity index (χ4n) is 2.84. The molecule has 2 fully saturated rings. The van der Waals surface area contributed by atoms with E-state index >= 15 is 0 Å². The molecule has 0 bridgehead atoms. The highest BCUT2D eigenvalue weighted by Crippen LogP contribution is 2.66. The molecule has 2 aliphatic heterocycles. The molecule has 1 spiro atoms. The van der Waals surface area contributed by atoms with E-state index in [-0.39, 0.29) is 12.4 Å². The number of rotatable bonds is 8. The van der Waals surface area contributed by atoms with E-state index in [0.29, 0.717) is 0 Å². The molecule has 3 rings (SSSR count). The highest BCUT2D eigenvalue weighted by atomic mass is 31.3. The van der Waals surface area contributed by atoms with E-state index in [9.17, 15) is 28.5 Å². The van der Waals surface area contributed by atoms with Gasteiger partial charge in [0.1, 0.15) is 23.6 Å². The number of ether oxygens (including phenoxy) is 1. The Labute approximate surface area is 166 Å². The van der Waals surface area contributed by atoms with Crippen LogP contribution in [0.15, 0.2) is 17.1 Å². The van der Waals surface area contributed by atoms with Crippen molar-refractivity contribution in [2.45, 2.75) is 24.0 Å². The lowest BCUT2D eigenvalue weighted by atomic mass is 10.00. The number of phosphoric acid groups is 3. The Morgan fingerprint density at radius 3 is 2.43 bits per heavy atom. The van der Waals surface area contributed by atoms with Crippen LogP contribution in [-0.4, -0.2) is 65.1 Å². The molecule has 0 amide bonds. The first-order valence-electron chi connectivity index (χ1n) is 7.86. The van der Waals surface area contributed by atoms with Gasteiger partial charge in [0.25, 0.3) is 0 Å². The smallest absolute Gasteiger partial charge is 0.388 e. The molecule has 0 aromatic carbocycles. The first kappa shape index (κ1) is 23.6. The zero-order valence-electron chi connectivity index (χ0n) is 14.6. The van der Waals surface area contributed by atoms with Crippen LogP contribution < -0.4 is 16.7 Å². The summed E-state index contributed by atoms with van der Waals surface area (Å²) in [7, 11) is -16.6. The summed E-state index contributed by atoms with van der Waals surface area (Å²) >= 11 is 0. The van der Waals surface area contributed by atoms with E-state index in [2.05, 4.69) is 23.4 Å². The predicted octanol–water partition coefficient (Wildman–Crippen LogP) is -2.23. The van der Waals surface area contributed by atoms with Crippen LogP contribution in [0.25, 0.3) is 0 Å². The molecule has 1 aromatic rings. The summed E-state index contributed by atoms with van der Waals surface area (Å²) in [6.07, 6.45) is -2.50. The van der Waals surface area contributed by atoms with Crippen LogP contribution in [0.5, 0.6) is 0 Å². The van der Waals surface area contributed by atoms with Gasteiger partial charge in [-0.2, -0.15) is 13.6 Å². The van der Waals surface area contributed by atoms with Crippen molar-refractivity contribution in [2.24, 2.45) is 0 Å². The van der Waals surface area contributed by atoms with Crippen LogP contribution in [0.2, 0.25) is 0 Å². The van der Waals surface area contributed by atoms with Gasteiger partial charge >= 0.3 is 29.2 Å². The summed E-state index contributed by atoms with van der Waals surface area (Å²) in [4.78, 5) is 51.2. The van der Waals surface area contributed by atoms with Gasteiger partial charge in [-0.1, -0.05) is 0 Å². The molecule has 0 aliphatic carbocycles. The maximum absolute atomic E-state index is 12.1. The van der Waals surface area contributed by atoms with Crippen molar-refractivity contribution in [3.05, 3.63) is 22.7 Å². The fraction of sp³-hybridized carbons (Fsp3) is 0.600. The topological polar surface area (TPSA) is 272 Å². The van der Waals surface area contributed by atoms with Gasteiger partial charge in [-0.25, -0.2) is 18.5 Å². The highest BCUT2D eigenvalue weighted by molar-refractivity contribution is 7.66. The van der Waals surface area contributed by atoms with Crippen LogP contribution in [0.4, 0.5) is 5.82 Å². The number of nitrogen functional groups attached to an aromatic ring is 1. The molecule has 8 N–H and O–H groups in total. The van der Waals surface area contributed by atoms with Crippen molar-refractivity contribution in [2.75, 3.05) is 18.9 Å². The SMILES string of the molecule is Nc1ccn(C2O[C@H](COP(=O)(O)OP(=O)(O)OP(=O)(O)O)C(O)[C@@]23CN3)c(=O)n1. The lowest BCUT2D eigenvalue weighted by Crippen LogP contribution is -2.41. The van der Waals surface area contributed by atoms with Crippen molar-refractivity contribution in [3.63, 3.8) is 0 Å². The van der Waals surface area contributed by atoms with Gasteiger partial charge in [0.05, 0.1) is 6.61 Å². The third kappa shape index (κ3) is 5.23. The molecular weight excluding hydrogens is 477 g/mol. The van der Waals surface area contributed by atoms with Crippen LogP contribution >= 0.6 is 23.5 Å². The summed E-state index contributed by atoms with van der Waals surface area (Å²) in [6, 6.07) is 1.31. The lowest BCUT2D eigenvalue weighted by molar-refractivity contribution is -0.0461. The Balaban J connectivity index is 1.69. The van der Waals surface area contributed by atoms with Gasteiger partial charge in [-0.05, 0) is 6.07 Å². The second kappa shape index (κ2) is 7.83. The fourth-order valence-corrected chi connectivity index (χ4v) is 5.87. The maximum atomic E-state index is 12.1. The second-order valence-corrected chi connectivity index (χ2v) is 10.7. The number of nitrogens with zero attached hydrogens (tertiary/aromatic N) is 2. The van der Waals surface area contributed by atoms with Crippen molar-refractivity contribution in [3.8, 4) is 0 Å². The average molecular weight is 494 g/mol. The molecule has 6 atom stereocenters. The molecular formula is C10H17N4O13P3. The van der Waals surface area contributed by atoms with E-state index in [4.69, 9.17) is 25.2 Å². The van der Waals surface area contributed by atoms with Gasteiger partial charge in [-0.15, -0.1) is 0 Å². The third-order valence-corrected chi connectivity index (χ3v) is 7.93. The van der Waals surface area contributed by atoms with Crippen molar-refractivity contribution >= 4 is 29.3 Å². The summed E-state index contributed by atoms with van der Waals surface area (Å²) in [5.41, 5.74) is 3.51. The monoisotopic (exact) mass is 494 g/mol. The maximum Gasteiger partial charge on any atom is 0.490 e. The van der Waals surface area contributed by atoms with Crippen LogP contribution in [0, 0.1) is 0 Å². The largest absolute Gasteiger partial charge is 0.490 e. The summed E-state index contributed by atoms with van der Waals surface area (Å²) in [5.74, 6) is -0.0446. The van der Waals surface area contributed by atoms with Gasteiger partial charge in [0.2, 0.25) is 0 Å². The average Bonchev–Trinajstić information content (AvgIpc) is 3.28. The van der Waals surface area contributed by atoms with E-state index in [1.807, 2.05) is 0 Å². The van der Waals surface area contributed by atoms with E-state index in [0.717, 1.165) is 4.57 Å². The molecule has 30 heavy (non-hydrogen) atoms. The number of aliphatic hydroxyl groups is 1. The number of hydrogen-bond acceptors (Lipinski definition) is 12. The van der Waals surface area contributed by atoms with Crippen molar-refractivity contribution in [1.82, 2.24) is 14.9 Å². The molecule has 0 radical (unpaired) electrons. The number of nitrogens with one attached hydrogen (secondary N) is 1. The Bertz CT molecular complexity index is 1020. The Kier molecular flexibility index (Phi) is 6.17. The molecule has 170 valence electrons. The number of phosphoric ester groups is 1. The van der Waals surface area contributed by atoms with Gasteiger partial charge < -0.3 is 40.5 Å². The first-order chi connectivity index (χ1) is 13.6. The Morgan fingerprint density at radius 1 is 1.27 bits per heavy atom. The molecule has 20 heteroatoms. The van der Waals surface area contributed by atoms with Crippen LogP contribution in [-0.2, 0) is 31.6 Å². The van der Waals surface area contributed by atoms with Gasteiger partial charge in [-0.3, -0.25) is 9.09 Å². The second-order valence-electron chi connectivity index (χ2n) is 6.29. The summed E-state index contributed by atoms with van der Waals surface area (Å²) in [6.45, 7) is -0.663. The molecule has 0 saturated carbocycles. The Morgan fingerprint density at radius 2 is 1.90 bits per heavy atom. The number of hydrogen-bond donors (Lipinski definition) is 7. The number of anilines is 1. The normalized spacial score (nSPS) is 32.6. The minimum Gasteiger partial charge on any atom is -0.388 e. The van der Waals surface area contributed by atoms with E-state index in [1.165, 1.54) is 12.3 Å². The van der Waals surface area contributed by atoms with Crippen LogP contribution in [0.1, 0.15) is 6.23 Å². The van der Waals surface area contributed by atoms with Gasteiger partial charge in [0, 0.05) is 12.7 Å². The quantitative estimate of drug-likeness (QED) is 0.149.